The Labute approximate surface area is 159 Å². The molecule has 2 aromatic carbocycles. The third-order valence-corrected chi connectivity index (χ3v) is 5.02. The van der Waals surface area contributed by atoms with Gasteiger partial charge in [0.25, 0.3) is 0 Å². The van der Waals surface area contributed by atoms with Gasteiger partial charge in [-0.3, -0.25) is 4.68 Å². The summed E-state index contributed by atoms with van der Waals surface area (Å²) in [4.78, 5) is 0. The van der Waals surface area contributed by atoms with Crippen LogP contribution >= 0.6 is 0 Å². The van der Waals surface area contributed by atoms with Crippen molar-refractivity contribution in [3.63, 3.8) is 0 Å². The number of benzene rings is 2. The minimum absolute atomic E-state index is 0.211. The van der Waals surface area contributed by atoms with E-state index in [0.717, 1.165) is 54.8 Å². The zero-order chi connectivity index (χ0) is 18.5. The number of nitrogens with one attached hydrogen (secondary N) is 1. The summed E-state index contributed by atoms with van der Waals surface area (Å²) in [5.74, 6) is 0.627. The van der Waals surface area contributed by atoms with Crippen LogP contribution in [0.5, 0.6) is 5.75 Å². The predicted octanol–water partition coefficient (Wildman–Crippen LogP) is 4.24. The summed E-state index contributed by atoms with van der Waals surface area (Å²) in [5.41, 5.74) is 3.28. The van der Waals surface area contributed by atoms with Crippen LogP contribution in [-0.2, 0) is 6.42 Å². The monoisotopic (exact) mass is 365 g/mol. The highest BCUT2D eigenvalue weighted by Gasteiger charge is 2.16. The quantitative estimate of drug-likeness (QED) is 0.710. The molecule has 0 amide bonds. The molecular weight excluding hydrogens is 341 g/mol. The number of rotatable bonds is 6. The molecule has 0 saturated carbocycles. The lowest BCUT2D eigenvalue weighted by atomic mass is 10.1. The van der Waals surface area contributed by atoms with E-state index in [1.165, 1.54) is 12.1 Å². The van der Waals surface area contributed by atoms with E-state index in [-0.39, 0.29) is 5.82 Å². The summed E-state index contributed by atoms with van der Waals surface area (Å²) in [6.07, 6.45) is 7.05. The highest BCUT2D eigenvalue weighted by Crippen LogP contribution is 2.26. The maximum absolute atomic E-state index is 13.0. The Morgan fingerprint density at radius 1 is 1.07 bits per heavy atom. The molecule has 3 aromatic rings. The zero-order valence-electron chi connectivity index (χ0n) is 15.3. The van der Waals surface area contributed by atoms with Gasteiger partial charge in [-0.25, -0.2) is 4.39 Å². The SMILES string of the molecule is Fc1ccc(CCOc2cccc(-c3cnn(C4CCNCC4)c3)c2)cc1. The molecule has 27 heavy (non-hydrogen) atoms. The predicted molar refractivity (Wildman–Crippen MR) is 104 cm³/mol. The Bertz CT molecular complexity index is 869. The Morgan fingerprint density at radius 3 is 2.70 bits per heavy atom. The van der Waals surface area contributed by atoms with Gasteiger partial charge in [-0.2, -0.15) is 5.10 Å². The maximum atomic E-state index is 13.0. The van der Waals surface area contributed by atoms with Gasteiger partial charge in [0.2, 0.25) is 0 Å². The largest absolute Gasteiger partial charge is 0.493 e. The fourth-order valence-electron chi connectivity index (χ4n) is 3.46. The molecule has 2 heterocycles. The van der Waals surface area contributed by atoms with E-state index in [4.69, 9.17) is 4.74 Å². The molecule has 1 aliphatic rings. The lowest BCUT2D eigenvalue weighted by Gasteiger charge is -2.22. The highest BCUT2D eigenvalue weighted by atomic mass is 19.1. The molecule has 1 aromatic heterocycles. The molecule has 1 fully saturated rings. The summed E-state index contributed by atoms with van der Waals surface area (Å²) in [5, 5.41) is 7.96. The lowest BCUT2D eigenvalue weighted by Crippen LogP contribution is -2.29. The molecule has 0 aliphatic carbocycles. The second kappa shape index (κ2) is 8.35. The number of halogens is 1. The first-order chi connectivity index (χ1) is 13.3. The second-order valence-corrected chi connectivity index (χ2v) is 6.94. The highest BCUT2D eigenvalue weighted by molar-refractivity contribution is 5.63. The fourth-order valence-corrected chi connectivity index (χ4v) is 3.46. The van der Waals surface area contributed by atoms with Crippen LogP contribution in [0.4, 0.5) is 4.39 Å². The van der Waals surface area contributed by atoms with Crippen molar-refractivity contribution in [2.45, 2.75) is 25.3 Å². The summed E-state index contributed by atoms with van der Waals surface area (Å²) in [6, 6.07) is 15.1. The van der Waals surface area contributed by atoms with Crippen molar-refractivity contribution in [3.05, 3.63) is 72.3 Å². The van der Waals surface area contributed by atoms with Gasteiger partial charge >= 0.3 is 0 Å². The molecule has 5 heteroatoms. The minimum Gasteiger partial charge on any atom is -0.493 e. The van der Waals surface area contributed by atoms with E-state index >= 15 is 0 Å². The molecule has 140 valence electrons. The number of hydrogen-bond acceptors (Lipinski definition) is 3. The van der Waals surface area contributed by atoms with E-state index in [2.05, 4.69) is 33.4 Å². The van der Waals surface area contributed by atoms with Gasteiger partial charge in [-0.1, -0.05) is 24.3 Å². The Morgan fingerprint density at radius 2 is 1.89 bits per heavy atom. The van der Waals surface area contributed by atoms with Crippen molar-refractivity contribution in [1.82, 2.24) is 15.1 Å². The Balaban J connectivity index is 1.38. The molecule has 4 nitrogen and oxygen atoms in total. The number of aromatic nitrogens is 2. The molecule has 0 unspecified atom stereocenters. The standard InChI is InChI=1S/C22H24FN3O/c23-20-6-4-17(5-7-20)10-13-27-22-3-1-2-18(14-22)19-15-25-26(16-19)21-8-11-24-12-9-21/h1-7,14-16,21,24H,8-13H2. The van der Waals surface area contributed by atoms with Crippen LogP contribution in [-0.4, -0.2) is 29.5 Å². The number of hydrogen-bond donors (Lipinski definition) is 1. The fraction of sp³-hybridized carbons (Fsp3) is 0.318. The van der Waals surface area contributed by atoms with E-state index < -0.39 is 0 Å². The summed E-state index contributed by atoms with van der Waals surface area (Å²) >= 11 is 0. The maximum Gasteiger partial charge on any atom is 0.123 e. The Kier molecular flexibility index (Phi) is 5.49. The molecule has 1 aliphatic heterocycles. The van der Waals surface area contributed by atoms with Crippen molar-refractivity contribution in [3.8, 4) is 16.9 Å². The molecule has 1 N–H and O–H groups in total. The van der Waals surface area contributed by atoms with Gasteiger partial charge in [0.15, 0.2) is 0 Å². The molecule has 0 spiro atoms. The minimum atomic E-state index is -0.211. The topological polar surface area (TPSA) is 39.1 Å². The molecule has 0 radical (unpaired) electrons. The van der Waals surface area contributed by atoms with Crippen LogP contribution < -0.4 is 10.1 Å². The zero-order valence-corrected chi connectivity index (χ0v) is 15.3. The van der Waals surface area contributed by atoms with Crippen LogP contribution in [0, 0.1) is 5.82 Å². The smallest absolute Gasteiger partial charge is 0.123 e. The van der Waals surface area contributed by atoms with Gasteiger partial charge in [-0.15, -0.1) is 0 Å². The van der Waals surface area contributed by atoms with E-state index in [9.17, 15) is 4.39 Å². The molecule has 0 atom stereocenters. The average molecular weight is 365 g/mol. The summed E-state index contributed by atoms with van der Waals surface area (Å²) in [6.45, 7) is 2.66. The van der Waals surface area contributed by atoms with Crippen molar-refractivity contribution in [1.29, 1.82) is 0 Å². The summed E-state index contributed by atoms with van der Waals surface area (Å²) < 4.78 is 21.0. The van der Waals surface area contributed by atoms with E-state index in [0.29, 0.717) is 12.6 Å². The van der Waals surface area contributed by atoms with Crippen molar-refractivity contribution < 1.29 is 9.13 Å². The van der Waals surface area contributed by atoms with Crippen LogP contribution in [0.25, 0.3) is 11.1 Å². The number of piperidine rings is 1. The average Bonchev–Trinajstić information content (AvgIpc) is 3.21. The van der Waals surface area contributed by atoms with Gasteiger partial charge in [0.1, 0.15) is 11.6 Å². The molecule has 4 rings (SSSR count). The number of nitrogens with zero attached hydrogens (tertiary/aromatic N) is 2. The molecule has 0 bridgehead atoms. The first-order valence-electron chi connectivity index (χ1n) is 9.50. The Hall–Kier alpha value is -2.66. The third-order valence-electron chi connectivity index (χ3n) is 5.02. The van der Waals surface area contributed by atoms with Crippen LogP contribution in [0.3, 0.4) is 0 Å². The second-order valence-electron chi connectivity index (χ2n) is 6.94. The lowest BCUT2D eigenvalue weighted by molar-refractivity contribution is 0.322. The summed E-state index contributed by atoms with van der Waals surface area (Å²) in [7, 11) is 0. The van der Waals surface area contributed by atoms with Crippen LogP contribution in [0.1, 0.15) is 24.4 Å². The van der Waals surface area contributed by atoms with Gasteiger partial charge in [0.05, 0.1) is 18.8 Å². The first-order valence-corrected chi connectivity index (χ1v) is 9.50. The van der Waals surface area contributed by atoms with E-state index in [1.807, 2.05) is 18.3 Å². The first kappa shape index (κ1) is 17.7. The van der Waals surface area contributed by atoms with Gasteiger partial charge < -0.3 is 10.1 Å². The van der Waals surface area contributed by atoms with Crippen LogP contribution in [0.15, 0.2) is 60.9 Å². The van der Waals surface area contributed by atoms with Crippen molar-refractivity contribution >= 4 is 0 Å². The van der Waals surface area contributed by atoms with E-state index in [1.54, 1.807) is 12.1 Å². The normalized spacial score (nSPS) is 15.0. The third kappa shape index (κ3) is 4.55. The van der Waals surface area contributed by atoms with Crippen LogP contribution in [0.2, 0.25) is 0 Å². The number of ether oxygens (including phenoxy) is 1. The molecular formula is C22H24FN3O. The van der Waals surface area contributed by atoms with Crippen molar-refractivity contribution in [2.24, 2.45) is 0 Å². The van der Waals surface area contributed by atoms with Gasteiger partial charge in [-0.05, 0) is 61.3 Å². The van der Waals surface area contributed by atoms with Crippen molar-refractivity contribution in [2.75, 3.05) is 19.7 Å². The molecule has 1 saturated heterocycles. The van der Waals surface area contributed by atoms with Gasteiger partial charge in [0, 0.05) is 18.2 Å².